The van der Waals surface area contributed by atoms with Crippen LogP contribution in [-0.4, -0.2) is 29.0 Å². The molecule has 3 aromatic heterocycles. The zero-order chi connectivity index (χ0) is 24.3. The fraction of sp³-hybridized carbons (Fsp3) is 0.200. The van der Waals surface area contributed by atoms with Crippen molar-refractivity contribution < 1.29 is 4.79 Å². The molecule has 172 valence electrons. The Labute approximate surface area is 194 Å². The zero-order valence-electron chi connectivity index (χ0n) is 19.4. The molecule has 5 aromatic rings. The van der Waals surface area contributed by atoms with Crippen LogP contribution >= 0.6 is 0 Å². The van der Waals surface area contributed by atoms with E-state index in [1.54, 1.807) is 35.7 Å². The average Bonchev–Trinajstić information content (AvgIpc) is 3.31. The molecule has 3 heterocycles. The smallest absolute Gasteiger partial charge is 0.332 e. The summed E-state index contributed by atoms with van der Waals surface area (Å²) in [7, 11) is 1.62. The van der Waals surface area contributed by atoms with Gasteiger partial charge in [0.15, 0.2) is 11.2 Å². The Hall–Kier alpha value is -4.40. The number of imidazole rings is 2. The van der Waals surface area contributed by atoms with Crippen LogP contribution in [0.3, 0.4) is 0 Å². The van der Waals surface area contributed by atoms with Crippen molar-refractivity contribution in [1.29, 1.82) is 0 Å². The summed E-state index contributed by atoms with van der Waals surface area (Å²) < 4.78 is 6.35. The number of amides is 1. The van der Waals surface area contributed by atoms with Crippen LogP contribution in [0.5, 0.6) is 0 Å². The molecule has 2 aromatic carbocycles. The SMILES string of the molecule is Cc1cccc(Cn2c(=O)c3c(nc4n(-c5ccc(C(N)=O)cc5)c(C)c(C)n34)n(C)c2=O)c1. The van der Waals surface area contributed by atoms with E-state index in [2.05, 4.69) is 0 Å². The monoisotopic (exact) mass is 456 g/mol. The van der Waals surface area contributed by atoms with Gasteiger partial charge in [0.25, 0.3) is 5.56 Å². The van der Waals surface area contributed by atoms with Crippen molar-refractivity contribution in [3.8, 4) is 5.69 Å². The van der Waals surface area contributed by atoms with Crippen molar-refractivity contribution in [3.63, 3.8) is 0 Å². The maximum absolute atomic E-state index is 13.6. The van der Waals surface area contributed by atoms with E-state index in [1.165, 1.54) is 9.13 Å². The van der Waals surface area contributed by atoms with E-state index < -0.39 is 17.2 Å². The first kappa shape index (κ1) is 21.4. The topological polar surface area (TPSA) is 109 Å². The Kier molecular flexibility index (Phi) is 4.78. The summed E-state index contributed by atoms with van der Waals surface area (Å²) in [6.07, 6.45) is 0. The minimum Gasteiger partial charge on any atom is -0.366 e. The van der Waals surface area contributed by atoms with Gasteiger partial charge in [-0.2, -0.15) is 4.98 Å². The van der Waals surface area contributed by atoms with Crippen LogP contribution in [-0.2, 0) is 13.6 Å². The normalized spacial score (nSPS) is 11.5. The number of nitrogens with two attached hydrogens (primary N) is 1. The molecule has 0 unspecified atom stereocenters. The molecule has 0 fully saturated rings. The van der Waals surface area contributed by atoms with Crippen molar-refractivity contribution in [3.05, 3.63) is 97.4 Å². The van der Waals surface area contributed by atoms with Crippen LogP contribution in [0.4, 0.5) is 0 Å². The van der Waals surface area contributed by atoms with E-state index in [0.29, 0.717) is 22.5 Å². The standard InChI is InChI=1S/C25H24N6O3/c1-14-6-5-7-17(12-14)13-29-23(33)20-22(28(4)25(29)34)27-24-30(15(2)16(3)31(20)24)19-10-8-18(9-11-19)21(26)32/h5-12H,13H2,1-4H3,(H2,26,32). The van der Waals surface area contributed by atoms with Gasteiger partial charge in [-0.1, -0.05) is 29.8 Å². The van der Waals surface area contributed by atoms with Crippen LogP contribution in [0, 0.1) is 20.8 Å². The second-order valence-corrected chi connectivity index (χ2v) is 8.56. The number of hydrogen-bond donors (Lipinski definition) is 1. The van der Waals surface area contributed by atoms with Crippen LogP contribution in [0.1, 0.15) is 32.9 Å². The number of aromatic nitrogens is 5. The molecule has 0 spiro atoms. The number of carbonyl (C=O) groups excluding carboxylic acids is 1. The summed E-state index contributed by atoms with van der Waals surface area (Å²) in [5.74, 6) is 0.00467. The first-order valence-electron chi connectivity index (χ1n) is 10.8. The van der Waals surface area contributed by atoms with Crippen molar-refractivity contribution in [2.75, 3.05) is 0 Å². The summed E-state index contributed by atoms with van der Waals surface area (Å²) >= 11 is 0. The highest BCUT2D eigenvalue weighted by Gasteiger charge is 2.23. The van der Waals surface area contributed by atoms with Crippen molar-refractivity contribution in [1.82, 2.24) is 23.1 Å². The third-order valence-electron chi connectivity index (χ3n) is 6.35. The van der Waals surface area contributed by atoms with E-state index in [4.69, 9.17) is 10.7 Å². The molecule has 9 nitrogen and oxygen atoms in total. The average molecular weight is 457 g/mol. The van der Waals surface area contributed by atoms with Gasteiger partial charge in [0.2, 0.25) is 11.7 Å². The highest BCUT2D eigenvalue weighted by Crippen LogP contribution is 2.24. The Balaban J connectivity index is 1.79. The maximum Gasteiger partial charge on any atom is 0.332 e. The highest BCUT2D eigenvalue weighted by atomic mass is 16.2. The van der Waals surface area contributed by atoms with Gasteiger partial charge in [-0.25, -0.2) is 4.79 Å². The first-order chi connectivity index (χ1) is 16.2. The van der Waals surface area contributed by atoms with Crippen molar-refractivity contribution in [2.45, 2.75) is 27.3 Å². The largest absolute Gasteiger partial charge is 0.366 e. The fourth-order valence-corrected chi connectivity index (χ4v) is 4.47. The number of primary amides is 1. The Bertz CT molecular complexity index is 1730. The number of benzene rings is 2. The Morgan fingerprint density at radius 3 is 2.35 bits per heavy atom. The lowest BCUT2D eigenvalue weighted by Crippen LogP contribution is -2.39. The van der Waals surface area contributed by atoms with E-state index in [9.17, 15) is 14.4 Å². The summed E-state index contributed by atoms with van der Waals surface area (Å²) in [4.78, 5) is 42.9. The maximum atomic E-state index is 13.6. The predicted octanol–water partition coefficient (Wildman–Crippen LogP) is 2.21. The summed E-state index contributed by atoms with van der Waals surface area (Å²) in [5.41, 5.74) is 10.0. The van der Waals surface area contributed by atoms with E-state index >= 15 is 0 Å². The molecule has 0 aliphatic heterocycles. The van der Waals surface area contributed by atoms with Crippen LogP contribution in [0.2, 0.25) is 0 Å². The van der Waals surface area contributed by atoms with Gasteiger partial charge in [0.05, 0.1) is 6.54 Å². The number of aryl methyl sites for hydroxylation is 3. The number of carbonyl (C=O) groups is 1. The van der Waals surface area contributed by atoms with Gasteiger partial charge < -0.3 is 5.73 Å². The number of hydrogen-bond acceptors (Lipinski definition) is 4. The lowest BCUT2D eigenvalue weighted by molar-refractivity contribution is 0.100. The molecule has 5 rings (SSSR count). The quantitative estimate of drug-likeness (QED) is 0.447. The van der Waals surface area contributed by atoms with Gasteiger partial charge in [-0.3, -0.25) is 27.7 Å². The number of fused-ring (bicyclic) bond motifs is 3. The highest BCUT2D eigenvalue weighted by molar-refractivity contribution is 5.93. The fourth-order valence-electron chi connectivity index (χ4n) is 4.47. The second kappa shape index (κ2) is 7.58. The molecule has 0 atom stereocenters. The molecule has 1 amide bonds. The van der Waals surface area contributed by atoms with E-state index in [0.717, 1.165) is 28.2 Å². The molecule has 2 N–H and O–H groups in total. The summed E-state index contributed by atoms with van der Waals surface area (Å²) in [6, 6.07) is 14.6. The third-order valence-corrected chi connectivity index (χ3v) is 6.35. The predicted molar refractivity (Wildman–Crippen MR) is 130 cm³/mol. The Morgan fingerprint density at radius 1 is 1.00 bits per heavy atom. The molecule has 0 radical (unpaired) electrons. The minimum atomic E-state index is -0.507. The van der Waals surface area contributed by atoms with Gasteiger partial charge in [-0.15, -0.1) is 0 Å². The van der Waals surface area contributed by atoms with Crippen LogP contribution in [0.15, 0.2) is 58.1 Å². The lowest BCUT2D eigenvalue weighted by Gasteiger charge is -2.09. The van der Waals surface area contributed by atoms with Gasteiger partial charge in [0, 0.05) is 29.7 Å². The zero-order valence-corrected chi connectivity index (χ0v) is 19.4. The number of nitrogens with zero attached hydrogens (tertiary/aromatic N) is 5. The second-order valence-electron chi connectivity index (χ2n) is 8.56. The summed E-state index contributed by atoms with van der Waals surface area (Å²) in [5, 5.41) is 0. The molecule has 0 saturated carbocycles. The first-order valence-corrected chi connectivity index (χ1v) is 10.8. The number of rotatable bonds is 4. The molecule has 9 heteroatoms. The molecule has 0 aliphatic rings. The van der Waals surface area contributed by atoms with Gasteiger partial charge >= 0.3 is 5.69 Å². The minimum absolute atomic E-state index is 0.170. The van der Waals surface area contributed by atoms with Crippen LogP contribution in [0.25, 0.3) is 22.6 Å². The lowest BCUT2D eigenvalue weighted by atomic mass is 10.1. The van der Waals surface area contributed by atoms with E-state index in [1.807, 2.05) is 49.6 Å². The van der Waals surface area contributed by atoms with E-state index in [-0.39, 0.29) is 6.54 Å². The van der Waals surface area contributed by atoms with Crippen molar-refractivity contribution in [2.24, 2.45) is 12.8 Å². The molecular formula is C25H24N6O3. The Morgan fingerprint density at radius 2 is 1.71 bits per heavy atom. The van der Waals surface area contributed by atoms with Gasteiger partial charge in [0.1, 0.15) is 0 Å². The molecule has 0 aliphatic carbocycles. The third kappa shape index (κ3) is 3.08. The molecule has 0 saturated heterocycles. The van der Waals surface area contributed by atoms with Crippen molar-refractivity contribution >= 4 is 22.8 Å². The molecular weight excluding hydrogens is 432 g/mol. The summed E-state index contributed by atoms with van der Waals surface area (Å²) in [6.45, 7) is 5.99. The molecule has 0 bridgehead atoms. The van der Waals surface area contributed by atoms with Gasteiger partial charge in [-0.05, 0) is 50.6 Å². The van der Waals surface area contributed by atoms with Crippen LogP contribution < -0.4 is 17.0 Å². The molecule has 34 heavy (non-hydrogen) atoms.